The van der Waals surface area contributed by atoms with Crippen LogP contribution >= 0.6 is 15.9 Å². The molecule has 20 heavy (non-hydrogen) atoms. The second kappa shape index (κ2) is 6.17. The fraction of sp³-hybridized carbons (Fsp3) is 0.214. The van der Waals surface area contributed by atoms with Gasteiger partial charge in [-0.15, -0.1) is 0 Å². The first-order valence-corrected chi connectivity index (χ1v) is 6.64. The topological polar surface area (TPSA) is 31.2 Å². The Morgan fingerprint density at radius 3 is 2.65 bits per heavy atom. The Bertz CT molecular complexity index is 670. The number of hydrogen-bond donors (Lipinski definition) is 0. The Morgan fingerprint density at radius 2 is 2.05 bits per heavy atom. The fourth-order valence-corrected chi connectivity index (χ4v) is 2.47. The predicted molar refractivity (Wildman–Crippen MR) is 76.4 cm³/mol. The summed E-state index contributed by atoms with van der Waals surface area (Å²) in [7, 11) is 1.54. The number of pyridine rings is 1. The molecule has 0 saturated heterocycles. The van der Waals surface area contributed by atoms with Crippen molar-refractivity contribution in [1.82, 2.24) is 4.57 Å². The summed E-state index contributed by atoms with van der Waals surface area (Å²) in [4.78, 5) is 11.8. The Balaban J connectivity index is 2.58. The molecule has 0 spiro atoms. The highest BCUT2D eigenvalue weighted by molar-refractivity contribution is 9.10. The van der Waals surface area contributed by atoms with E-state index in [0.29, 0.717) is 21.5 Å². The minimum absolute atomic E-state index is 0.437. The van der Waals surface area contributed by atoms with Gasteiger partial charge in [0.05, 0.1) is 19.3 Å². The van der Waals surface area contributed by atoms with Crippen molar-refractivity contribution >= 4 is 15.9 Å². The van der Waals surface area contributed by atoms with E-state index >= 15 is 0 Å². The van der Waals surface area contributed by atoms with Gasteiger partial charge in [0, 0.05) is 16.1 Å². The summed E-state index contributed by atoms with van der Waals surface area (Å²) >= 11 is 3.37. The molecule has 1 heterocycles. The van der Waals surface area contributed by atoms with Crippen LogP contribution in [0.4, 0.5) is 8.78 Å². The van der Waals surface area contributed by atoms with E-state index < -0.39 is 18.5 Å². The van der Waals surface area contributed by atoms with E-state index in [4.69, 9.17) is 4.74 Å². The number of alkyl halides is 2. The zero-order valence-corrected chi connectivity index (χ0v) is 12.2. The number of halogens is 3. The molecule has 6 heteroatoms. The molecule has 0 saturated carbocycles. The van der Waals surface area contributed by atoms with Gasteiger partial charge in [0.1, 0.15) is 5.75 Å². The predicted octanol–water partition coefficient (Wildman–Crippen LogP) is 3.55. The van der Waals surface area contributed by atoms with Gasteiger partial charge in [-0.25, -0.2) is 8.78 Å². The molecule has 0 radical (unpaired) electrons. The van der Waals surface area contributed by atoms with Gasteiger partial charge in [-0.3, -0.25) is 4.79 Å². The average molecular weight is 344 g/mol. The summed E-state index contributed by atoms with van der Waals surface area (Å²) in [6, 6.07) is 9.61. The van der Waals surface area contributed by atoms with Crippen LogP contribution in [0.3, 0.4) is 0 Å². The third-order valence-electron chi connectivity index (χ3n) is 2.82. The molecule has 0 aliphatic heterocycles. The van der Waals surface area contributed by atoms with Crippen LogP contribution in [0.25, 0.3) is 11.3 Å². The Hall–Kier alpha value is -1.69. The van der Waals surface area contributed by atoms with E-state index in [-0.39, 0.29) is 0 Å². The maximum Gasteiger partial charge on any atom is 0.256 e. The van der Waals surface area contributed by atoms with Crippen LogP contribution in [-0.2, 0) is 6.54 Å². The van der Waals surface area contributed by atoms with Crippen molar-refractivity contribution in [3.8, 4) is 17.0 Å². The summed E-state index contributed by atoms with van der Waals surface area (Å²) in [6.07, 6.45) is -2.59. The maximum atomic E-state index is 12.6. The molecule has 3 nitrogen and oxygen atoms in total. The number of aromatic nitrogens is 1. The van der Waals surface area contributed by atoms with Crippen molar-refractivity contribution in [3.63, 3.8) is 0 Å². The summed E-state index contributed by atoms with van der Waals surface area (Å²) in [5, 5.41) is 0. The average Bonchev–Trinajstić information content (AvgIpc) is 2.41. The number of rotatable bonds is 4. The lowest BCUT2D eigenvalue weighted by Gasteiger charge is -2.14. The summed E-state index contributed by atoms with van der Waals surface area (Å²) in [5.74, 6) is 0.638. The molecule has 0 fully saturated rings. The minimum atomic E-state index is -2.59. The smallest absolute Gasteiger partial charge is 0.256 e. The van der Waals surface area contributed by atoms with Crippen LogP contribution in [0.1, 0.15) is 0 Å². The van der Waals surface area contributed by atoms with E-state index in [1.807, 2.05) is 0 Å². The zero-order valence-electron chi connectivity index (χ0n) is 10.6. The molecular weight excluding hydrogens is 332 g/mol. The number of methoxy groups -OCH3 is 1. The first kappa shape index (κ1) is 14.7. The normalized spacial score (nSPS) is 10.8. The standard InChI is InChI=1S/C14H12BrF2NO2/c1-20-9-5-6-10(11(15)7-9)12-3-2-4-14(19)18(12)8-13(16)17/h2-7,13H,8H2,1H3. The number of ether oxygens (including phenoxy) is 1. The van der Waals surface area contributed by atoms with Gasteiger partial charge in [0.2, 0.25) is 0 Å². The lowest BCUT2D eigenvalue weighted by molar-refractivity contribution is 0.126. The second-order valence-electron chi connectivity index (χ2n) is 4.10. The molecule has 0 aliphatic rings. The molecule has 0 atom stereocenters. The Kier molecular flexibility index (Phi) is 4.54. The van der Waals surface area contributed by atoms with Crippen LogP contribution in [0.5, 0.6) is 5.75 Å². The van der Waals surface area contributed by atoms with Crippen LogP contribution < -0.4 is 10.3 Å². The molecule has 0 N–H and O–H groups in total. The summed E-state index contributed by atoms with van der Waals surface area (Å²) < 4.78 is 32.1. The maximum absolute atomic E-state index is 12.6. The van der Waals surface area contributed by atoms with Gasteiger partial charge in [-0.2, -0.15) is 0 Å². The SMILES string of the molecule is COc1ccc(-c2cccc(=O)n2CC(F)F)c(Br)c1. The van der Waals surface area contributed by atoms with E-state index in [2.05, 4.69) is 15.9 Å². The van der Waals surface area contributed by atoms with Crippen molar-refractivity contribution < 1.29 is 13.5 Å². The third-order valence-corrected chi connectivity index (χ3v) is 3.48. The molecule has 2 rings (SSSR count). The highest BCUT2D eigenvalue weighted by Gasteiger charge is 2.13. The van der Waals surface area contributed by atoms with Crippen molar-refractivity contribution in [3.05, 3.63) is 51.2 Å². The molecule has 0 bridgehead atoms. The van der Waals surface area contributed by atoms with Gasteiger partial charge in [0.25, 0.3) is 12.0 Å². The van der Waals surface area contributed by atoms with Crippen molar-refractivity contribution in [2.75, 3.05) is 7.11 Å². The Labute approximate surface area is 122 Å². The molecule has 0 unspecified atom stereocenters. The molecule has 106 valence electrons. The van der Waals surface area contributed by atoms with E-state index in [9.17, 15) is 13.6 Å². The summed E-state index contributed by atoms with van der Waals surface area (Å²) in [5.41, 5.74) is 0.641. The molecule has 2 aromatic rings. The number of benzene rings is 1. The van der Waals surface area contributed by atoms with Crippen molar-refractivity contribution in [2.24, 2.45) is 0 Å². The zero-order chi connectivity index (χ0) is 14.7. The van der Waals surface area contributed by atoms with Crippen LogP contribution in [0, 0.1) is 0 Å². The molecular formula is C14H12BrF2NO2. The first-order chi connectivity index (χ1) is 9.52. The Morgan fingerprint density at radius 1 is 1.30 bits per heavy atom. The largest absolute Gasteiger partial charge is 0.497 e. The lowest BCUT2D eigenvalue weighted by Crippen LogP contribution is -2.23. The number of nitrogens with zero attached hydrogens (tertiary/aromatic N) is 1. The third kappa shape index (κ3) is 3.07. The van der Waals surface area contributed by atoms with Gasteiger partial charge in [-0.05, 0) is 40.2 Å². The highest BCUT2D eigenvalue weighted by Crippen LogP contribution is 2.31. The van der Waals surface area contributed by atoms with Gasteiger partial charge < -0.3 is 9.30 Å². The van der Waals surface area contributed by atoms with Gasteiger partial charge >= 0.3 is 0 Å². The van der Waals surface area contributed by atoms with E-state index in [0.717, 1.165) is 4.57 Å². The fourth-order valence-electron chi connectivity index (χ4n) is 1.91. The summed E-state index contributed by atoms with van der Waals surface area (Å²) in [6.45, 7) is -0.631. The van der Waals surface area contributed by atoms with Crippen LogP contribution in [-0.4, -0.2) is 18.1 Å². The molecule has 0 aliphatic carbocycles. The van der Waals surface area contributed by atoms with E-state index in [1.165, 1.54) is 13.2 Å². The molecule has 1 aromatic heterocycles. The van der Waals surface area contributed by atoms with Crippen molar-refractivity contribution in [2.45, 2.75) is 13.0 Å². The molecule has 1 aromatic carbocycles. The molecule has 0 amide bonds. The highest BCUT2D eigenvalue weighted by atomic mass is 79.9. The van der Waals surface area contributed by atoms with Gasteiger partial charge in [-0.1, -0.05) is 6.07 Å². The van der Waals surface area contributed by atoms with Crippen LogP contribution in [0.2, 0.25) is 0 Å². The van der Waals surface area contributed by atoms with E-state index in [1.54, 1.807) is 30.3 Å². The first-order valence-electron chi connectivity index (χ1n) is 5.85. The second-order valence-corrected chi connectivity index (χ2v) is 4.95. The minimum Gasteiger partial charge on any atom is -0.497 e. The quantitative estimate of drug-likeness (QED) is 0.849. The van der Waals surface area contributed by atoms with Gasteiger partial charge in [0.15, 0.2) is 0 Å². The monoisotopic (exact) mass is 343 g/mol. The van der Waals surface area contributed by atoms with Crippen molar-refractivity contribution in [1.29, 1.82) is 0 Å². The number of hydrogen-bond acceptors (Lipinski definition) is 2. The lowest BCUT2D eigenvalue weighted by atomic mass is 10.1. The van der Waals surface area contributed by atoms with Crippen LogP contribution in [0.15, 0.2) is 45.7 Å².